The molecule has 0 saturated heterocycles. The van der Waals surface area contributed by atoms with Gasteiger partial charge in [0.05, 0.1) is 11.8 Å². The molecule has 232 valence electrons. The molecule has 1 rings (SSSR count). The highest BCUT2D eigenvalue weighted by molar-refractivity contribution is 7.90. The van der Waals surface area contributed by atoms with Gasteiger partial charge in [0, 0.05) is 12.6 Å². The SMILES string of the molecule is C=NCC(CCCC/C=C\C)NS(=O)(=O)C1CCC(/C(C=O)=C\CCCN(CCC)CC(CC)CCCC)CC1. The van der Waals surface area contributed by atoms with Gasteiger partial charge < -0.3 is 4.90 Å². The molecule has 1 aliphatic rings. The van der Waals surface area contributed by atoms with Crippen molar-refractivity contribution in [2.45, 2.75) is 135 Å². The lowest BCUT2D eigenvalue weighted by molar-refractivity contribution is -0.105. The summed E-state index contributed by atoms with van der Waals surface area (Å²) in [5.41, 5.74) is 0.870. The van der Waals surface area contributed by atoms with Gasteiger partial charge in [-0.25, -0.2) is 13.1 Å². The van der Waals surface area contributed by atoms with E-state index in [4.69, 9.17) is 0 Å². The summed E-state index contributed by atoms with van der Waals surface area (Å²) < 4.78 is 29.3. The average molecular weight is 580 g/mol. The maximum Gasteiger partial charge on any atom is 0.214 e. The zero-order valence-electron chi connectivity index (χ0n) is 26.3. The van der Waals surface area contributed by atoms with Gasteiger partial charge in [-0.15, -0.1) is 0 Å². The molecule has 7 heteroatoms. The standard InChI is InChI=1S/C33H61N3O3S/c1-6-10-12-13-14-19-32(26-34-5)35-40(38,39)33-22-20-30(21-23-33)31(28-37)18-15-16-25-36(24-8-3)27-29(9-4)17-11-7-2/h6,10,18,28-30,32-33,35H,5,7-9,11-17,19-27H2,1-4H3/b10-6-,31-18-. The van der Waals surface area contributed by atoms with E-state index in [9.17, 15) is 13.2 Å². The highest BCUT2D eigenvalue weighted by Gasteiger charge is 2.33. The van der Waals surface area contributed by atoms with Crippen molar-refractivity contribution in [3.63, 3.8) is 0 Å². The molecule has 2 atom stereocenters. The van der Waals surface area contributed by atoms with Gasteiger partial charge in [0.25, 0.3) is 0 Å². The topological polar surface area (TPSA) is 78.8 Å². The fraction of sp³-hybridized carbons (Fsp3) is 0.818. The maximum atomic E-state index is 13.2. The van der Waals surface area contributed by atoms with Crippen molar-refractivity contribution < 1.29 is 13.2 Å². The van der Waals surface area contributed by atoms with Crippen LogP contribution in [0.3, 0.4) is 0 Å². The molecule has 1 saturated carbocycles. The Morgan fingerprint density at radius 2 is 1.75 bits per heavy atom. The molecule has 0 aliphatic heterocycles. The summed E-state index contributed by atoms with van der Waals surface area (Å²) in [6.07, 6.45) is 22.1. The number of rotatable bonds is 24. The van der Waals surface area contributed by atoms with Crippen molar-refractivity contribution in [1.82, 2.24) is 9.62 Å². The number of aliphatic imine (C=N–C) groups is 1. The Bertz CT molecular complexity index is 832. The summed E-state index contributed by atoms with van der Waals surface area (Å²) >= 11 is 0. The summed E-state index contributed by atoms with van der Waals surface area (Å²) in [6.45, 7) is 16.2. The molecule has 0 bridgehead atoms. The predicted molar refractivity (Wildman–Crippen MR) is 173 cm³/mol. The van der Waals surface area contributed by atoms with Gasteiger partial charge in [-0.1, -0.05) is 64.7 Å². The summed E-state index contributed by atoms with van der Waals surface area (Å²) in [6, 6.07) is -0.192. The second kappa shape index (κ2) is 22.3. The van der Waals surface area contributed by atoms with Gasteiger partial charge in [-0.05, 0) is 115 Å². The zero-order valence-corrected chi connectivity index (χ0v) is 27.1. The van der Waals surface area contributed by atoms with E-state index >= 15 is 0 Å². The van der Waals surface area contributed by atoms with Crippen molar-refractivity contribution >= 4 is 23.0 Å². The molecule has 1 N–H and O–H groups in total. The van der Waals surface area contributed by atoms with Gasteiger partial charge in [0.15, 0.2) is 0 Å². The van der Waals surface area contributed by atoms with E-state index < -0.39 is 15.3 Å². The molecule has 0 spiro atoms. The molecule has 0 heterocycles. The van der Waals surface area contributed by atoms with Crippen LogP contribution in [0.15, 0.2) is 28.8 Å². The summed E-state index contributed by atoms with van der Waals surface area (Å²) in [7, 11) is -3.43. The number of carbonyl (C=O) groups excluding carboxylic acids is 1. The number of hydrogen-bond donors (Lipinski definition) is 1. The number of nitrogens with zero attached hydrogens (tertiary/aromatic N) is 2. The summed E-state index contributed by atoms with van der Waals surface area (Å²) in [4.78, 5) is 18.5. The van der Waals surface area contributed by atoms with Crippen LogP contribution in [0.2, 0.25) is 0 Å². The van der Waals surface area contributed by atoms with E-state index in [0.29, 0.717) is 19.4 Å². The van der Waals surface area contributed by atoms with Crippen LogP contribution in [0.5, 0.6) is 0 Å². The van der Waals surface area contributed by atoms with Crippen LogP contribution in [0, 0.1) is 11.8 Å². The monoisotopic (exact) mass is 579 g/mol. The molecular weight excluding hydrogens is 518 g/mol. The number of carbonyl (C=O) groups is 1. The quantitative estimate of drug-likeness (QED) is 0.0422. The third-order valence-electron chi connectivity index (χ3n) is 8.47. The number of unbranched alkanes of at least 4 members (excludes halogenated alkanes) is 4. The van der Waals surface area contributed by atoms with E-state index in [1.165, 1.54) is 38.6 Å². The highest BCUT2D eigenvalue weighted by Crippen LogP contribution is 2.32. The molecule has 0 aromatic heterocycles. The molecule has 0 radical (unpaired) electrons. The maximum absolute atomic E-state index is 13.2. The molecule has 40 heavy (non-hydrogen) atoms. The Kier molecular flexibility index (Phi) is 20.5. The Balaban J connectivity index is 2.57. The first kappa shape index (κ1) is 36.7. The average Bonchev–Trinajstić information content (AvgIpc) is 2.95. The van der Waals surface area contributed by atoms with Gasteiger partial charge in [-0.2, -0.15) is 0 Å². The second-order valence-electron chi connectivity index (χ2n) is 11.8. The summed E-state index contributed by atoms with van der Waals surface area (Å²) in [5.74, 6) is 0.950. The largest absolute Gasteiger partial charge is 0.303 e. The van der Waals surface area contributed by atoms with E-state index in [1.54, 1.807) is 0 Å². The van der Waals surface area contributed by atoms with E-state index in [0.717, 1.165) is 82.2 Å². The van der Waals surface area contributed by atoms with E-state index in [1.807, 2.05) is 13.0 Å². The number of nitrogens with one attached hydrogen (secondary N) is 1. The highest BCUT2D eigenvalue weighted by atomic mass is 32.2. The summed E-state index contributed by atoms with van der Waals surface area (Å²) in [5, 5.41) is -0.395. The predicted octanol–water partition coefficient (Wildman–Crippen LogP) is 7.50. The van der Waals surface area contributed by atoms with Crippen LogP contribution < -0.4 is 4.72 Å². The van der Waals surface area contributed by atoms with E-state index in [2.05, 4.69) is 54.3 Å². The third kappa shape index (κ3) is 15.1. The minimum absolute atomic E-state index is 0.173. The zero-order chi connectivity index (χ0) is 29.6. The van der Waals surface area contributed by atoms with E-state index in [-0.39, 0.29) is 12.0 Å². The van der Waals surface area contributed by atoms with Gasteiger partial charge in [0.2, 0.25) is 10.0 Å². The lowest BCUT2D eigenvalue weighted by atomic mass is 9.83. The Hall–Kier alpha value is -1.31. The van der Waals surface area contributed by atoms with Crippen LogP contribution in [0.4, 0.5) is 0 Å². The first-order valence-electron chi connectivity index (χ1n) is 16.3. The molecule has 0 aromatic rings. The minimum atomic E-state index is -3.43. The number of allylic oxidation sites excluding steroid dienone is 4. The molecule has 6 nitrogen and oxygen atoms in total. The van der Waals surface area contributed by atoms with Crippen molar-refractivity contribution in [2.24, 2.45) is 16.8 Å². The fourth-order valence-electron chi connectivity index (χ4n) is 5.99. The van der Waals surface area contributed by atoms with Crippen molar-refractivity contribution in [3.8, 4) is 0 Å². The first-order valence-corrected chi connectivity index (χ1v) is 17.8. The van der Waals surface area contributed by atoms with Gasteiger partial charge in [0.1, 0.15) is 6.29 Å². The number of hydrogen-bond acceptors (Lipinski definition) is 5. The Morgan fingerprint density at radius 1 is 1.00 bits per heavy atom. The molecule has 0 aromatic carbocycles. The van der Waals surface area contributed by atoms with Crippen LogP contribution >= 0.6 is 0 Å². The smallest absolute Gasteiger partial charge is 0.214 e. The second-order valence-corrected chi connectivity index (χ2v) is 13.8. The Labute approximate surface area is 247 Å². The van der Waals surface area contributed by atoms with Gasteiger partial charge in [-0.3, -0.25) is 9.79 Å². The lowest BCUT2D eigenvalue weighted by Crippen LogP contribution is -2.43. The number of sulfonamides is 1. The van der Waals surface area contributed by atoms with Crippen LogP contribution in [-0.2, 0) is 14.8 Å². The van der Waals surface area contributed by atoms with Crippen molar-refractivity contribution in [2.75, 3.05) is 26.2 Å². The fourth-order valence-corrected chi connectivity index (χ4v) is 7.73. The van der Waals surface area contributed by atoms with Gasteiger partial charge >= 0.3 is 0 Å². The van der Waals surface area contributed by atoms with Crippen LogP contribution in [0.25, 0.3) is 0 Å². The molecule has 1 fully saturated rings. The van der Waals surface area contributed by atoms with Crippen LogP contribution in [0.1, 0.15) is 124 Å². The molecular formula is C33H61N3O3S. The molecule has 1 aliphatic carbocycles. The minimum Gasteiger partial charge on any atom is -0.303 e. The van der Waals surface area contributed by atoms with Crippen LogP contribution in [-0.4, -0.2) is 63.8 Å². The van der Waals surface area contributed by atoms with Crippen molar-refractivity contribution in [3.05, 3.63) is 23.8 Å². The Morgan fingerprint density at radius 3 is 2.35 bits per heavy atom. The normalized spacial score (nSPS) is 20.2. The lowest BCUT2D eigenvalue weighted by Gasteiger charge is -2.30. The third-order valence-corrected chi connectivity index (χ3v) is 10.5. The molecule has 2 unspecified atom stereocenters. The first-order chi connectivity index (χ1) is 19.3. The van der Waals surface area contributed by atoms with Crippen molar-refractivity contribution in [1.29, 1.82) is 0 Å². The molecule has 0 amide bonds. The number of aldehydes is 1.